The van der Waals surface area contributed by atoms with Gasteiger partial charge >= 0.3 is 6.01 Å². The van der Waals surface area contributed by atoms with Crippen LogP contribution < -0.4 is 10.6 Å². The SMILES string of the molecule is Cc1ccc(Cl)c(Nc2nnc(CNC3CC3)o2)c1. The molecule has 5 nitrogen and oxygen atoms in total. The average Bonchev–Trinajstić information content (AvgIpc) is 3.12. The third kappa shape index (κ3) is 3.24. The van der Waals surface area contributed by atoms with E-state index in [9.17, 15) is 0 Å². The molecule has 2 N–H and O–H groups in total. The second-order valence-corrected chi connectivity index (χ2v) is 5.17. The smallest absolute Gasteiger partial charge is 0.320 e. The van der Waals surface area contributed by atoms with Gasteiger partial charge in [-0.3, -0.25) is 0 Å². The Balaban J connectivity index is 1.66. The molecule has 6 heteroatoms. The quantitative estimate of drug-likeness (QED) is 0.880. The summed E-state index contributed by atoms with van der Waals surface area (Å²) < 4.78 is 5.51. The topological polar surface area (TPSA) is 63.0 Å². The van der Waals surface area contributed by atoms with Gasteiger partial charge in [-0.2, -0.15) is 0 Å². The molecule has 0 spiro atoms. The van der Waals surface area contributed by atoms with Crippen LogP contribution in [0.15, 0.2) is 22.6 Å². The highest BCUT2D eigenvalue weighted by Gasteiger charge is 2.21. The lowest BCUT2D eigenvalue weighted by atomic mass is 10.2. The molecule has 0 saturated heterocycles. The minimum atomic E-state index is 0.361. The molecule has 0 aliphatic heterocycles. The van der Waals surface area contributed by atoms with Crippen molar-refractivity contribution in [2.45, 2.75) is 32.4 Å². The zero-order chi connectivity index (χ0) is 13.2. The van der Waals surface area contributed by atoms with Crippen LogP contribution in [0.5, 0.6) is 0 Å². The Labute approximate surface area is 116 Å². The van der Waals surface area contributed by atoms with Crippen molar-refractivity contribution >= 4 is 23.3 Å². The normalized spacial score (nSPS) is 14.6. The first kappa shape index (κ1) is 12.4. The fourth-order valence-corrected chi connectivity index (χ4v) is 1.91. The first-order chi connectivity index (χ1) is 9.20. The Morgan fingerprint density at radius 1 is 1.37 bits per heavy atom. The molecule has 0 bridgehead atoms. The lowest BCUT2D eigenvalue weighted by molar-refractivity contribution is 0.478. The Hall–Kier alpha value is -1.59. The second kappa shape index (κ2) is 5.19. The molecule has 1 aromatic heterocycles. The zero-order valence-corrected chi connectivity index (χ0v) is 11.4. The molecule has 1 fully saturated rings. The van der Waals surface area contributed by atoms with E-state index in [4.69, 9.17) is 16.0 Å². The maximum Gasteiger partial charge on any atom is 0.320 e. The number of hydrogen-bond acceptors (Lipinski definition) is 5. The fraction of sp³-hybridized carbons (Fsp3) is 0.385. The van der Waals surface area contributed by atoms with Gasteiger partial charge in [-0.25, -0.2) is 0 Å². The Morgan fingerprint density at radius 2 is 2.21 bits per heavy atom. The van der Waals surface area contributed by atoms with Gasteiger partial charge in [-0.15, -0.1) is 5.10 Å². The van der Waals surface area contributed by atoms with Crippen LogP contribution in [0, 0.1) is 6.92 Å². The molecule has 0 unspecified atom stereocenters. The van der Waals surface area contributed by atoms with Crippen LogP contribution in [0.3, 0.4) is 0 Å². The highest BCUT2D eigenvalue weighted by molar-refractivity contribution is 6.33. The number of aromatic nitrogens is 2. The van der Waals surface area contributed by atoms with Gasteiger partial charge in [0.1, 0.15) is 0 Å². The summed E-state index contributed by atoms with van der Waals surface area (Å²) in [6.07, 6.45) is 2.47. The van der Waals surface area contributed by atoms with E-state index in [1.807, 2.05) is 25.1 Å². The number of nitrogens with zero attached hydrogens (tertiary/aromatic N) is 2. The molecular formula is C13H15ClN4O. The van der Waals surface area contributed by atoms with Gasteiger partial charge in [-0.1, -0.05) is 22.8 Å². The van der Waals surface area contributed by atoms with Gasteiger partial charge in [0, 0.05) is 6.04 Å². The standard InChI is InChI=1S/C13H15ClN4O/c1-8-2-5-10(14)11(6-8)16-13-18-17-12(19-13)7-15-9-3-4-9/h2,5-6,9,15H,3-4,7H2,1H3,(H,16,18). The highest BCUT2D eigenvalue weighted by Crippen LogP contribution is 2.26. The second-order valence-electron chi connectivity index (χ2n) is 4.76. The fourth-order valence-electron chi connectivity index (χ4n) is 1.74. The summed E-state index contributed by atoms with van der Waals surface area (Å²) in [5.74, 6) is 0.582. The van der Waals surface area contributed by atoms with Crippen LogP contribution in [-0.4, -0.2) is 16.2 Å². The molecule has 0 radical (unpaired) electrons. The largest absolute Gasteiger partial charge is 0.406 e. The first-order valence-corrected chi connectivity index (χ1v) is 6.67. The Bertz CT molecular complexity index is 580. The summed E-state index contributed by atoms with van der Waals surface area (Å²) in [5.41, 5.74) is 1.88. The van der Waals surface area contributed by atoms with Crippen molar-refractivity contribution in [2.24, 2.45) is 0 Å². The summed E-state index contributed by atoms with van der Waals surface area (Å²) in [4.78, 5) is 0. The zero-order valence-electron chi connectivity index (χ0n) is 10.6. The predicted molar refractivity (Wildman–Crippen MR) is 73.6 cm³/mol. The summed E-state index contributed by atoms with van der Waals surface area (Å²) in [6.45, 7) is 2.61. The molecule has 1 aliphatic rings. The van der Waals surface area contributed by atoms with E-state index < -0.39 is 0 Å². The van der Waals surface area contributed by atoms with E-state index >= 15 is 0 Å². The predicted octanol–water partition coefficient (Wildman–Crippen LogP) is 3.03. The molecule has 1 saturated carbocycles. The number of hydrogen-bond donors (Lipinski definition) is 2. The van der Waals surface area contributed by atoms with E-state index in [1.54, 1.807) is 0 Å². The van der Waals surface area contributed by atoms with Crippen LogP contribution in [0.1, 0.15) is 24.3 Å². The van der Waals surface area contributed by atoms with Crippen molar-refractivity contribution in [3.05, 3.63) is 34.7 Å². The lowest BCUT2D eigenvalue weighted by Gasteiger charge is -2.04. The van der Waals surface area contributed by atoms with E-state index in [1.165, 1.54) is 12.8 Å². The monoisotopic (exact) mass is 278 g/mol. The van der Waals surface area contributed by atoms with Crippen molar-refractivity contribution in [1.82, 2.24) is 15.5 Å². The molecule has 0 atom stereocenters. The van der Waals surface area contributed by atoms with Crippen molar-refractivity contribution < 1.29 is 4.42 Å². The van der Waals surface area contributed by atoms with E-state index in [-0.39, 0.29) is 0 Å². The van der Waals surface area contributed by atoms with Crippen LogP contribution in [0.2, 0.25) is 5.02 Å². The number of rotatable bonds is 5. The Kier molecular flexibility index (Phi) is 3.40. The summed E-state index contributed by atoms with van der Waals surface area (Å²) in [6, 6.07) is 6.71. The third-order valence-corrected chi connectivity index (χ3v) is 3.28. The van der Waals surface area contributed by atoms with Crippen molar-refractivity contribution in [3.63, 3.8) is 0 Å². The summed E-state index contributed by atoms with van der Waals surface area (Å²) in [5, 5.41) is 14.9. The van der Waals surface area contributed by atoms with Gasteiger partial charge in [0.25, 0.3) is 0 Å². The molecule has 1 aromatic carbocycles. The number of halogens is 1. The van der Waals surface area contributed by atoms with Gasteiger partial charge in [0.2, 0.25) is 5.89 Å². The van der Waals surface area contributed by atoms with E-state index in [0.717, 1.165) is 11.3 Å². The molecule has 19 heavy (non-hydrogen) atoms. The molecule has 2 aromatic rings. The number of benzene rings is 1. The van der Waals surface area contributed by atoms with Crippen LogP contribution >= 0.6 is 11.6 Å². The van der Waals surface area contributed by atoms with Gasteiger partial charge in [0.05, 0.1) is 17.3 Å². The van der Waals surface area contributed by atoms with Crippen molar-refractivity contribution in [2.75, 3.05) is 5.32 Å². The van der Waals surface area contributed by atoms with Gasteiger partial charge in [-0.05, 0) is 37.5 Å². The number of anilines is 2. The summed E-state index contributed by atoms with van der Waals surface area (Å²) in [7, 11) is 0. The van der Waals surface area contributed by atoms with E-state index in [0.29, 0.717) is 29.5 Å². The molecule has 1 aliphatic carbocycles. The molecule has 0 amide bonds. The average molecular weight is 279 g/mol. The van der Waals surface area contributed by atoms with Crippen molar-refractivity contribution in [3.8, 4) is 0 Å². The minimum absolute atomic E-state index is 0.361. The van der Waals surface area contributed by atoms with E-state index in [2.05, 4.69) is 20.8 Å². The Morgan fingerprint density at radius 3 is 3.00 bits per heavy atom. The molecule has 1 heterocycles. The van der Waals surface area contributed by atoms with Crippen LogP contribution in [0.4, 0.5) is 11.7 Å². The molecule has 100 valence electrons. The van der Waals surface area contributed by atoms with Crippen LogP contribution in [0.25, 0.3) is 0 Å². The first-order valence-electron chi connectivity index (χ1n) is 6.29. The van der Waals surface area contributed by atoms with Gasteiger partial charge < -0.3 is 15.1 Å². The van der Waals surface area contributed by atoms with Crippen molar-refractivity contribution in [1.29, 1.82) is 0 Å². The maximum atomic E-state index is 6.10. The highest BCUT2D eigenvalue weighted by atomic mass is 35.5. The van der Waals surface area contributed by atoms with Gasteiger partial charge in [0.15, 0.2) is 0 Å². The minimum Gasteiger partial charge on any atom is -0.406 e. The number of nitrogens with one attached hydrogen (secondary N) is 2. The molecule has 3 rings (SSSR count). The summed E-state index contributed by atoms with van der Waals surface area (Å²) >= 11 is 6.10. The lowest BCUT2D eigenvalue weighted by Crippen LogP contribution is -2.15. The maximum absolute atomic E-state index is 6.10. The molecular weight excluding hydrogens is 264 g/mol. The number of aryl methyl sites for hydroxylation is 1. The van der Waals surface area contributed by atoms with Crippen LogP contribution in [-0.2, 0) is 6.54 Å². The third-order valence-electron chi connectivity index (χ3n) is 2.95.